The van der Waals surface area contributed by atoms with E-state index in [2.05, 4.69) is 0 Å². The molecular weight excluding hydrogens is 200 g/mol. The van der Waals surface area contributed by atoms with Gasteiger partial charge in [-0.1, -0.05) is 0 Å². The molecule has 1 rings (SSSR count). The van der Waals surface area contributed by atoms with E-state index in [9.17, 15) is 4.79 Å². The zero-order valence-electron chi connectivity index (χ0n) is 8.05. The maximum atomic E-state index is 11.3. The summed E-state index contributed by atoms with van der Waals surface area (Å²) in [5, 5.41) is 0. The predicted molar refractivity (Wildman–Crippen MR) is 57.0 cm³/mol. The molecule has 0 spiro atoms. The van der Waals surface area contributed by atoms with Gasteiger partial charge in [-0.3, -0.25) is 0 Å². The second-order valence-electron chi connectivity index (χ2n) is 2.84. The van der Waals surface area contributed by atoms with E-state index in [1.54, 1.807) is 36.3 Å². The molecule has 0 fully saturated rings. The van der Waals surface area contributed by atoms with Crippen LogP contribution in [-0.2, 0) is 4.79 Å². The molecule has 1 aromatic heterocycles. The molecule has 5 heteroatoms. The van der Waals surface area contributed by atoms with Gasteiger partial charge in [-0.2, -0.15) is 16.5 Å². The molecule has 0 radical (unpaired) electrons. The van der Waals surface area contributed by atoms with Crippen molar-refractivity contribution in [3.8, 4) is 0 Å². The van der Waals surface area contributed by atoms with Crippen molar-refractivity contribution in [1.82, 2.24) is 4.73 Å². The molecule has 0 saturated heterocycles. The number of nitrogens with zero attached hydrogens (tertiary/aromatic N) is 1. The Kier molecular flexibility index (Phi) is 4.55. The normalized spacial score (nSPS) is 12.4. The number of thioether (sulfide) groups is 1. The number of rotatable bonds is 5. The van der Waals surface area contributed by atoms with Crippen molar-refractivity contribution in [2.45, 2.75) is 12.5 Å². The zero-order valence-corrected chi connectivity index (χ0v) is 8.87. The summed E-state index contributed by atoms with van der Waals surface area (Å²) >= 11 is 1.66. The minimum absolute atomic E-state index is 0.393. The van der Waals surface area contributed by atoms with Gasteiger partial charge in [-0.25, -0.2) is 4.79 Å². The first kappa shape index (κ1) is 11.1. The zero-order chi connectivity index (χ0) is 10.4. The number of hydrogen-bond acceptors (Lipinski definition) is 4. The van der Waals surface area contributed by atoms with Crippen molar-refractivity contribution in [3.05, 3.63) is 24.5 Å². The maximum Gasteiger partial charge on any atom is 0.349 e. The van der Waals surface area contributed by atoms with Crippen LogP contribution < -0.4 is 10.6 Å². The Morgan fingerprint density at radius 2 is 2.21 bits per heavy atom. The van der Waals surface area contributed by atoms with E-state index < -0.39 is 12.0 Å². The topological polar surface area (TPSA) is 57.3 Å². The summed E-state index contributed by atoms with van der Waals surface area (Å²) in [7, 11) is 0. The van der Waals surface area contributed by atoms with Gasteiger partial charge in [0.1, 0.15) is 6.04 Å². The summed E-state index contributed by atoms with van der Waals surface area (Å²) in [5.41, 5.74) is 5.62. The summed E-state index contributed by atoms with van der Waals surface area (Å²) in [4.78, 5) is 16.3. The molecule has 4 nitrogen and oxygen atoms in total. The third-order valence-electron chi connectivity index (χ3n) is 1.71. The van der Waals surface area contributed by atoms with Crippen LogP contribution in [0.3, 0.4) is 0 Å². The van der Waals surface area contributed by atoms with Crippen LogP contribution in [-0.4, -0.2) is 28.8 Å². The average Bonchev–Trinajstić information content (AvgIpc) is 2.66. The molecule has 0 aliphatic rings. The summed E-state index contributed by atoms with van der Waals surface area (Å²) in [5.74, 6) is 0.470. The maximum absolute atomic E-state index is 11.3. The Balaban J connectivity index is 2.34. The lowest BCUT2D eigenvalue weighted by atomic mass is 10.2. The van der Waals surface area contributed by atoms with Gasteiger partial charge in [0.05, 0.1) is 0 Å². The van der Waals surface area contributed by atoms with Gasteiger partial charge in [0.15, 0.2) is 0 Å². The predicted octanol–water partition coefficient (Wildman–Crippen LogP) is 0.524. The minimum atomic E-state index is -0.537. The largest absolute Gasteiger partial charge is 0.349 e. The van der Waals surface area contributed by atoms with Gasteiger partial charge in [-0.15, -0.1) is 0 Å². The van der Waals surface area contributed by atoms with E-state index in [1.165, 1.54) is 4.73 Å². The minimum Gasteiger partial charge on any atom is -0.335 e. The van der Waals surface area contributed by atoms with Crippen LogP contribution in [0.4, 0.5) is 0 Å². The molecule has 0 aromatic carbocycles. The summed E-state index contributed by atoms with van der Waals surface area (Å²) in [6.45, 7) is 0. The third-order valence-corrected chi connectivity index (χ3v) is 2.35. The molecule has 78 valence electrons. The lowest BCUT2D eigenvalue weighted by molar-refractivity contribution is -0.145. The first-order valence-electron chi connectivity index (χ1n) is 4.33. The first-order valence-corrected chi connectivity index (χ1v) is 5.73. The second-order valence-corrected chi connectivity index (χ2v) is 3.83. The highest BCUT2D eigenvalue weighted by Gasteiger charge is 2.15. The van der Waals surface area contributed by atoms with Gasteiger partial charge in [0, 0.05) is 12.4 Å². The molecule has 1 atom stereocenters. The first-order chi connectivity index (χ1) is 6.74. The number of carbonyl (C=O) groups excluding carboxylic acids is 1. The highest BCUT2D eigenvalue weighted by atomic mass is 32.2. The van der Waals surface area contributed by atoms with E-state index in [4.69, 9.17) is 10.6 Å². The van der Waals surface area contributed by atoms with Crippen LogP contribution in [0.15, 0.2) is 24.5 Å². The monoisotopic (exact) mass is 214 g/mol. The number of nitrogens with two attached hydrogens (primary N) is 1. The molecule has 0 aliphatic heterocycles. The number of aromatic nitrogens is 1. The number of hydrogen-bond donors (Lipinski definition) is 1. The van der Waals surface area contributed by atoms with E-state index in [1.807, 2.05) is 6.26 Å². The standard InChI is InChI=1S/C9H14N2O2S/c1-14-7-4-8(10)9(12)13-11-5-2-3-6-11/h2-3,5-6,8H,4,7,10H2,1H3/t8-/m0/s1. The fraction of sp³-hybridized carbons (Fsp3) is 0.444. The van der Waals surface area contributed by atoms with E-state index in [-0.39, 0.29) is 0 Å². The summed E-state index contributed by atoms with van der Waals surface area (Å²) in [6, 6.07) is 3.02. The molecule has 0 bridgehead atoms. The summed E-state index contributed by atoms with van der Waals surface area (Å²) < 4.78 is 1.35. The van der Waals surface area contributed by atoms with Crippen molar-refractivity contribution in [1.29, 1.82) is 0 Å². The average molecular weight is 214 g/mol. The Labute approximate surface area is 87.4 Å². The van der Waals surface area contributed by atoms with Gasteiger partial charge >= 0.3 is 5.97 Å². The molecule has 1 aromatic rings. The van der Waals surface area contributed by atoms with Crippen LogP contribution in [0, 0.1) is 0 Å². The van der Waals surface area contributed by atoms with E-state index >= 15 is 0 Å². The second kappa shape index (κ2) is 5.72. The van der Waals surface area contributed by atoms with E-state index in [0.29, 0.717) is 6.42 Å². The Hall–Kier alpha value is -0.940. The SMILES string of the molecule is CSCC[C@H](N)C(=O)On1cccc1. The Morgan fingerprint density at radius 3 is 2.79 bits per heavy atom. The van der Waals surface area contributed by atoms with Crippen molar-refractivity contribution in [2.24, 2.45) is 5.73 Å². The van der Waals surface area contributed by atoms with Crippen LogP contribution in [0.25, 0.3) is 0 Å². The molecule has 0 amide bonds. The quantitative estimate of drug-likeness (QED) is 0.776. The Morgan fingerprint density at radius 1 is 1.57 bits per heavy atom. The molecule has 1 heterocycles. The van der Waals surface area contributed by atoms with Crippen molar-refractivity contribution < 1.29 is 9.63 Å². The van der Waals surface area contributed by atoms with Crippen molar-refractivity contribution >= 4 is 17.7 Å². The smallest absolute Gasteiger partial charge is 0.335 e. The van der Waals surface area contributed by atoms with Gasteiger partial charge in [-0.05, 0) is 30.6 Å². The van der Waals surface area contributed by atoms with Gasteiger partial charge in [0.2, 0.25) is 0 Å². The van der Waals surface area contributed by atoms with E-state index in [0.717, 1.165) is 5.75 Å². The lowest BCUT2D eigenvalue weighted by Gasteiger charge is -2.09. The molecule has 0 unspecified atom stereocenters. The highest BCUT2D eigenvalue weighted by molar-refractivity contribution is 7.98. The fourth-order valence-electron chi connectivity index (χ4n) is 0.914. The van der Waals surface area contributed by atoms with Crippen LogP contribution >= 0.6 is 11.8 Å². The highest BCUT2D eigenvalue weighted by Crippen LogP contribution is 1.99. The molecule has 0 saturated carbocycles. The Bertz CT molecular complexity index is 274. The molecule has 2 N–H and O–H groups in total. The summed E-state index contributed by atoms with van der Waals surface area (Å²) in [6.07, 6.45) is 5.92. The fourth-order valence-corrected chi connectivity index (χ4v) is 1.40. The van der Waals surface area contributed by atoms with Crippen molar-refractivity contribution in [2.75, 3.05) is 12.0 Å². The molecular formula is C9H14N2O2S. The van der Waals surface area contributed by atoms with Crippen LogP contribution in [0.5, 0.6) is 0 Å². The molecule has 0 aliphatic carbocycles. The van der Waals surface area contributed by atoms with Gasteiger partial charge in [0.25, 0.3) is 0 Å². The number of carbonyl (C=O) groups is 1. The van der Waals surface area contributed by atoms with Crippen molar-refractivity contribution in [3.63, 3.8) is 0 Å². The molecule has 14 heavy (non-hydrogen) atoms. The lowest BCUT2D eigenvalue weighted by Crippen LogP contribution is -2.37. The van der Waals surface area contributed by atoms with Crippen LogP contribution in [0.1, 0.15) is 6.42 Å². The van der Waals surface area contributed by atoms with Gasteiger partial charge < -0.3 is 10.6 Å². The van der Waals surface area contributed by atoms with Crippen LogP contribution in [0.2, 0.25) is 0 Å². The third kappa shape index (κ3) is 3.43.